The fourth-order valence-electron chi connectivity index (χ4n) is 3.52. The molecule has 0 amide bonds. The summed E-state index contributed by atoms with van der Waals surface area (Å²) >= 11 is 1.78. The molecule has 1 fully saturated rings. The van der Waals surface area contributed by atoms with Crippen LogP contribution in [0.1, 0.15) is 34.9 Å². The van der Waals surface area contributed by atoms with E-state index in [-0.39, 0.29) is 0 Å². The van der Waals surface area contributed by atoms with Gasteiger partial charge in [-0.1, -0.05) is 12.1 Å². The van der Waals surface area contributed by atoms with E-state index in [9.17, 15) is 0 Å². The van der Waals surface area contributed by atoms with E-state index < -0.39 is 0 Å². The highest BCUT2D eigenvalue weighted by Crippen LogP contribution is 2.27. The van der Waals surface area contributed by atoms with Gasteiger partial charge in [-0.15, -0.1) is 11.3 Å². The Morgan fingerprint density at radius 1 is 1.26 bits per heavy atom. The first-order valence-corrected chi connectivity index (χ1v) is 10.4. The molecular formula is C21H30N4OS. The molecule has 0 radical (unpaired) electrons. The van der Waals surface area contributed by atoms with E-state index in [4.69, 9.17) is 4.74 Å². The lowest BCUT2D eigenvalue weighted by atomic mass is 10.1. The van der Waals surface area contributed by atoms with Crippen LogP contribution in [0.5, 0.6) is 5.75 Å². The number of nitrogens with zero attached hydrogens (tertiary/aromatic N) is 2. The molecule has 1 aromatic carbocycles. The van der Waals surface area contributed by atoms with Crippen LogP contribution in [0.25, 0.3) is 0 Å². The van der Waals surface area contributed by atoms with E-state index in [0.717, 1.165) is 37.9 Å². The molecule has 1 aromatic heterocycles. The van der Waals surface area contributed by atoms with Crippen LogP contribution < -0.4 is 15.4 Å². The zero-order valence-corrected chi connectivity index (χ0v) is 17.3. The van der Waals surface area contributed by atoms with E-state index in [2.05, 4.69) is 57.1 Å². The number of ether oxygens (including phenoxy) is 1. The van der Waals surface area contributed by atoms with Crippen LogP contribution in [0.3, 0.4) is 0 Å². The first-order valence-electron chi connectivity index (χ1n) is 9.56. The number of thiophene rings is 1. The first-order chi connectivity index (χ1) is 13.2. The summed E-state index contributed by atoms with van der Waals surface area (Å²) in [6.45, 7) is 6.05. The minimum Gasteiger partial charge on any atom is -0.497 e. The highest BCUT2D eigenvalue weighted by Gasteiger charge is 2.24. The Morgan fingerprint density at radius 2 is 2.07 bits per heavy atom. The molecule has 1 aliphatic rings. The summed E-state index contributed by atoms with van der Waals surface area (Å²) in [5.74, 6) is 1.75. The summed E-state index contributed by atoms with van der Waals surface area (Å²) in [6, 6.07) is 10.9. The van der Waals surface area contributed by atoms with E-state index in [1.807, 2.05) is 13.1 Å². The van der Waals surface area contributed by atoms with Crippen molar-refractivity contribution in [2.45, 2.75) is 32.4 Å². The van der Waals surface area contributed by atoms with Gasteiger partial charge in [0.05, 0.1) is 19.7 Å². The Bertz CT molecular complexity index is 752. The highest BCUT2D eigenvalue weighted by molar-refractivity contribution is 7.10. The molecule has 1 atom stereocenters. The van der Waals surface area contributed by atoms with Gasteiger partial charge >= 0.3 is 0 Å². The fraction of sp³-hybridized carbons (Fsp3) is 0.476. The van der Waals surface area contributed by atoms with Crippen molar-refractivity contribution in [1.29, 1.82) is 0 Å². The third kappa shape index (κ3) is 5.23. The summed E-state index contributed by atoms with van der Waals surface area (Å²) in [5, 5.41) is 9.10. The zero-order chi connectivity index (χ0) is 19.1. The zero-order valence-electron chi connectivity index (χ0n) is 16.5. The summed E-state index contributed by atoms with van der Waals surface area (Å²) in [7, 11) is 3.55. The summed E-state index contributed by atoms with van der Waals surface area (Å²) < 4.78 is 5.43. The number of rotatable bonds is 7. The van der Waals surface area contributed by atoms with Crippen LogP contribution >= 0.6 is 11.3 Å². The second-order valence-corrected chi connectivity index (χ2v) is 7.87. The van der Waals surface area contributed by atoms with Crippen LogP contribution in [0.15, 0.2) is 40.7 Å². The molecule has 3 rings (SSSR count). The molecule has 2 N–H and O–H groups in total. The van der Waals surface area contributed by atoms with Crippen LogP contribution in [0.4, 0.5) is 0 Å². The van der Waals surface area contributed by atoms with Gasteiger partial charge in [0.15, 0.2) is 5.96 Å². The van der Waals surface area contributed by atoms with Crippen LogP contribution in [-0.4, -0.2) is 44.7 Å². The fourth-order valence-corrected chi connectivity index (χ4v) is 4.37. The Kier molecular flexibility index (Phi) is 7.12. The lowest BCUT2D eigenvalue weighted by molar-refractivity contribution is 0.245. The van der Waals surface area contributed by atoms with Crippen LogP contribution in [0, 0.1) is 6.92 Å². The SMILES string of the molecule is CN=C(NCc1sccc1C)NCC(c1cccc(OC)c1)N1CCCC1. The maximum atomic E-state index is 5.43. The lowest BCUT2D eigenvalue weighted by Crippen LogP contribution is -2.42. The summed E-state index contributed by atoms with van der Waals surface area (Å²) in [5.41, 5.74) is 2.61. The smallest absolute Gasteiger partial charge is 0.191 e. The Labute approximate surface area is 166 Å². The van der Waals surface area contributed by atoms with Crippen molar-refractivity contribution in [1.82, 2.24) is 15.5 Å². The minimum absolute atomic E-state index is 0.310. The second-order valence-electron chi connectivity index (χ2n) is 6.87. The molecular weight excluding hydrogens is 356 g/mol. The van der Waals surface area contributed by atoms with E-state index in [1.165, 1.54) is 28.8 Å². The average Bonchev–Trinajstić information content (AvgIpc) is 3.37. The Balaban J connectivity index is 1.65. The number of nitrogens with one attached hydrogen (secondary N) is 2. The molecule has 1 aliphatic heterocycles. The standard InChI is InChI=1S/C21H30N4OS/c1-16-9-12-27-20(16)15-24-21(22-2)23-14-19(25-10-4-5-11-25)17-7-6-8-18(13-17)26-3/h6-9,12-13,19H,4-5,10-11,14-15H2,1-3H3,(H2,22,23,24). The third-order valence-electron chi connectivity index (χ3n) is 5.13. The molecule has 0 aliphatic carbocycles. The molecule has 0 spiro atoms. The quantitative estimate of drug-likeness (QED) is 0.564. The number of hydrogen-bond acceptors (Lipinski definition) is 4. The predicted octanol–water partition coefficient (Wildman–Crippen LogP) is 3.57. The largest absolute Gasteiger partial charge is 0.497 e. The van der Waals surface area contributed by atoms with Gasteiger partial charge < -0.3 is 15.4 Å². The highest BCUT2D eigenvalue weighted by atomic mass is 32.1. The van der Waals surface area contributed by atoms with Gasteiger partial charge in [-0.25, -0.2) is 0 Å². The van der Waals surface area contributed by atoms with Crippen molar-refractivity contribution in [3.63, 3.8) is 0 Å². The van der Waals surface area contributed by atoms with Gasteiger partial charge in [0.1, 0.15) is 5.75 Å². The predicted molar refractivity (Wildman–Crippen MR) is 114 cm³/mol. The van der Waals surface area contributed by atoms with Crippen molar-refractivity contribution in [2.24, 2.45) is 4.99 Å². The molecule has 27 heavy (non-hydrogen) atoms. The molecule has 146 valence electrons. The van der Waals surface area contributed by atoms with Crippen molar-refractivity contribution >= 4 is 17.3 Å². The summed E-state index contributed by atoms with van der Waals surface area (Å²) in [4.78, 5) is 8.30. The van der Waals surface area contributed by atoms with Gasteiger partial charge in [-0.2, -0.15) is 0 Å². The number of likely N-dealkylation sites (tertiary alicyclic amines) is 1. The molecule has 1 unspecified atom stereocenters. The maximum Gasteiger partial charge on any atom is 0.191 e. The van der Waals surface area contributed by atoms with Crippen LogP contribution in [0.2, 0.25) is 0 Å². The molecule has 5 nitrogen and oxygen atoms in total. The van der Waals surface area contributed by atoms with Gasteiger partial charge in [0.2, 0.25) is 0 Å². The second kappa shape index (κ2) is 9.76. The monoisotopic (exact) mass is 386 g/mol. The summed E-state index contributed by atoms with van der Waals surface area (Å²) in [6.07, 6.45) is 2.54. The average molecular weight is 387 g/mol. The van der Waals surface area contributed by atoms with Crippen molar-refractivity contribution in [3.05, 3.63) is 51.7 Å². The normalized spacial score (nSPS) is 16.3. The van der Waals surface area contributed by atoms with Crippen LogP contribution in [-0.2, 0) is 6.54 Å². The number of methoxy groups -OCH3 is 1. The molecule has 2 aromatic rings. The Hall–Kier alpha value is -2.05. The van der Waals surface area contributed by atoms with E-state index in [0.29, 0.717) is 6.04 Å². The molecule has 2 heterocycles. The van der Waals surface area contributed by atoms with Crippen molar-refractivity contribution < 1.29 is 4.74 Å². The van der Waals surface area contributed by atoms with E-state index in [1.54, 1.807) is 18.4 Å². The molecule has 0 saturated carbocycles. The number of guanidine groups is 1. The molecule has 1 saturated heterocycles. The van der Waals surface area contributed by atoms with Crippen molar-refractivity contribution in [3.8, 4) is 5.75 Å². The van der Waals surface area contributed by atoms with Gasteiger partial charge in [-0.05, 0) is 67.6 Å². The van der Waals surface area contributed by atoms with Crippen molar-refractivity contribution in [2.75, 3.05) is 33.8 Å². The van der Waals surface area contributed by atoms with Gasteiger partial charge in [-0.3, -0.25) is 9.89 Å². The van der Waals surface area contributed by atoms with Gasteiger partial charge in [0, 0.05) is 18.5 Å². The third-order valence-corrected chi connectivity index (χ3v) is 6.15. The first kappa shape index (κ1) is 19.7. The molecule has 0 bridgehead atoms. The number of benzene rings is 1. The Morgan fingerprint density at radius 3 is 2.74 bits per heavy atom. The number of aryl methyl sites for hydroxylation is 1. The lowest BCUT2D eigenvalue weighted by Gasteiger charge is -2.29. The topological polar surface area (TPSA) is 48.9 Å². The minimum atomic E-state index is 0.310. The van der Waals surface area contributed by atoms with Gasteiger partial charge in [0.25, 0.3) is 0 Å². The number of hydrogen-bond donors (Lipinski definition) is 2. The molecule has 6 heteroatoms. The maximum absolute atomic E-state index is 5.43. The number of aliphatic imine (C=N–C) groups is 1. The van der Waals surface area contributed by atoms with E-state index >= 15 is 0 Å².